The Bertz CT molecular complexity index is 478. The molecule has 0 heterocycles. The van der Waals surface area contributed by atoms with Crippen LogP contribution in [0.5, 0.6) is 0 Å². The van der Waals surface area contributed by atoms with Gasteiger partial charge in [0.15, 0.2) is 0 Å². The second-order valence-electron chi connectivity index (χ2n) is 6.24. The molecule has 0 aliphatic heterocycles. The van der Waals surface area contributed by atoms with Gasteiger partial charge in [-0.15, -0.1) is 0 Å². The number of amides is 1. The largest absolute Gasteiger partial charge is 0.352 e. The van der Waals surface area contributed by atoms with E-state index < -0.39 is 0 Å². The molecule has 116 valence electrons. The van der Waals surface area contributed by atoms with Gasteiger partial charge >= 0.3 is 0 Å². The normalized spacial score (nSPS) is 22.3. The number of carbonyl (C=O) groups is 1. The Morgan fingerprint density at radius 3 is 2.86 bits per heavy atom. The molecule has 1 fully saturated rings. The van der Waals surface area contributed by atoms with Crippen LogP contribution in [0.15, 0.2) is 24.3 Å². The Labute approximate surface area is 126 Å². The van der Waals surface area contributed by atoms with Crippen LogP contribution in [0.3, 0.4) is 0 Å². The molecule has 1 N–H and O–H groups in total. The monoisotopic (exact) mass is 292 g/mol. The molecule has 21 heavy (non-hydrogen) atoms. The van der Waals surface area contributed by atoms with Crippen molar-refractivity contribution in [3.05, 3.63) is 35.6 Å². The molecule has 4 heteroatoms. The smallest absolute Gasteiger partial charge is 0.234 e. The Balaban J connectivity index is 1.79. The van der Waals surface area contributed by atoms with Crippen molar-refractivity contribution in [3.8, 4) is 0 Å². The van der Waals surface area contributed by atoms with Crippen LogP contribution in [-0.2, 0) is 11.3 Å². The minimum absolute atomic E-state index is 0.0626. The van der Waals surface area contributed by atoms with Crippen molar-refractivity contribution in [3.63, 3.8) is 0 Å². The van der Waals surface area contributed by atoms with Crippen LogP contribution >= 0.6 is 0 Å². The van der Waals surface area contributed by atoms with Crippen LogP contribution < -0.4 is 5.32 Å². The number of hydrogen-bond donors (Lipinski definition) is 1. The number of rotatable bonds is 5. The molecule has 1 saturated carbocycles. The summed E-state index contributed by atoms with van der Waals surface area (Å²) in [5, 5.41) is 3.14. The average molecular weight is 292 g/mol. The standard InChI is InChI=1S/C17H25FN2O/c1-13-6-3-4-9-16(13)19-17(21)12-20(2)11-14-7-5-8-15(18)10-14/h5,7-8,10,13,16H,3-4,6,9,11-12H2,1-2H3,(H,19,21)/t13-,16-/m0/s1. The minimum Gasteiger partial charge on any atom is -0.352 e. The van der Waals surface area contributed by atoms with Gasteiger partial charge in [-0.3, -0.25) is 9.69 Å². The fraction of sp³-hybridized carbons (Fsp3) is 0.588. The van der Waals surface area contributed by atoms with E-state index in [4.69, 9.17) is 0 Å². The highest BCUT2D eigenvalue weighted by atomic mass is 19.1. The zero-order valence-corrected chi connectivity index (χ0v) is 12.9. The lowest BCUT2D eigenvalue weighted by molar-refractivity contribution is -0.123. The van der Waals surface area contributed by atoms with Gasteiger partial charge in [-0.2, -0.15) is 0 Å². The molecule has 0 saturated heterocycles. The molecule has 0 aromatic heterocycles. The van der Waals surface area contributed by atoms with E-state index in [9.17, 15) is 9.18 Å². The highest BCUT2D eigenvalue weighted by molar-refractivity contribution is 5.78. The molecule has 0 spiro atoms. The maximum atomic E-state index is 13.1. The van der Waals surface area contributed by atoms with Crippen LogP contribution in [0.25, 0.3) is 0 Å². The van der Waals surface area contributed by atoms with Crippen LogP contribution in [0.1, 0.15) is 38.2 Å². The van der Waals surface area contributed by atoms with Gasteiger partial charge in [-0.05, 0) is 43.5 Å². The number of nitrogens with one attached hydrogen (secondary N) is 1. The van der Waals surface area contributed by atoms with Crippen molar-refractivity contribution in [2.75, 3.05) is 13.6 Å². The van der Waals surface area contributed by atoms with Crippen molar-refractivity contribution in [2.24, 2.45) is 5.92 Å². The quantitative estimate of drug-likeness (QED) is 0.905. The van der Waals surface area contributed by atoms with E-state index in [1.165, 1.54) is 31.4 Å². The molecule has 1 aromatic rings. The Hall–Kier alpha value is -1.42. The zero-order chi connectivity index (χ0) is 15.2. The van der Waals surface area contributed by atoms with E-state index in [1.54, 1.807) is 6.07 Å². The second-order valence-corrected chi connectivity index (χ2v) is 6.24. The maximum Gasteiger partial charge on any atom is 0.234 e. The third-order valence-electron chi connectivity index (χ3n) is 4.21. The molecule has 0 radical (unpaired) electrons. The molecular weight excluding hydrogens is 267 g/mol. The number of likely N-dealkylation sites (N-methyl/N-ethyl adjacent to an activating group) is 1. The molecule has 2 rings (SSSR count). The number of hydrogen-bond acceptors (Lipinski definition) is 2. The lowest BCUT2D eigenvalue weighted by atomic mass is 9.86. The van der Waals surface area contributed by atoms with E-state index in [2.05, 4.69) is 12.2 Å². The summed E-state index contributed by atoms with van der Waals surface area (Å²) < 4.78 is 13.1. The predicted octanol–water partition coefficient (Wildman–Crippen LogP) is 2.95. The molecule has 0 unspecified atom stereocenters. The molecule has 1 aromatic carbocycles. The molecule has 1 aliphatic carbocycles. The molecule has 1 aliphatic rings. The first-order valence-corrected chi connectivity index (χ1v) is 7.77. The minimum atomic E-state index is -0.235. The van der Waals surface area contributed by atoms with Gasteiger partial charge in [-0.1, -0.05) is 31.9 Å². The van der Waals surface area contributed by atoms with E-state index >= 15 is 0 Å². The zero-order valence-electron chi connectivity index (χ0n) is 12.9. The highest BCUT2D eigenvalue weighted by Crippen LogP contribution is 2.23. The van der Waals surface area contributed by atoms with Crippen LogP contribution in [-0.4, -0.2) is 30.4 Å². The van der Waals surface area contributed by atoms with Crippen LogP contribution in [0.2, 0.25) is 0 Å². The first-order valence-electron chi connectivity index (χ1n) is 7.77. The lowest BCUT2D eigenvalue weighted by Crippen LogP contribution is -2.44. The summed E-state index contributed by atoms with van der Waals surface area (Å²) in [4.78, 5) is 14.0. The predicted molar refractivity (Wildman–Crippen MR) is 82.3 cm³/mol. The topological polar surface area (TPSA) is 32.3 Å². The summed E-state index contributed by atoms with van der Waals surface area (Å²) in [6, 6.07) is 6.83. The highest BCUT2D eigenvalue weighted by Gasteiger charge is 2.22. The third kappa shape index (κ3) is 5.12. The van der Waals surface area contributed by atoms with Gasteiger partial charge in [0, 0.05) is 12.6 Å². The summed E-state index contributed by atoms with van der Waals surface area (Å²) in [7, 11) is 1.88. The molecular formula is C17H25FN2O. The van der Waals surface area contributed by atoms with Crippen molar-refractivity contribution >= 4 is 5.91 Å². The van der Waals surface area contributed by atoms with E-state index in [1.807, 2.05) is 18.0 Å². The van der Waals surface area contributed by atoms with Crippen LogP contribution in [0.4, 0.5) is 4.39 Å². The van der Waals surface area contributed by atoms with Gasteiger partial charge in [0.05, 0.1) is 6.54 Å². The van der Waals surface area contributed by atoms with E-state index in [0.717, 1.165) is 12.0 Å². The van der Waals surface area contributed by atoms with Gasteiger partial charge in [0.25, 0.3) is 0 Å². The maximum absolute atomic E-state index is 13.1. The van der Waals surface area contributed by atoms with Crippen LogP contribution in [0, 0.1) is 11.7 Å². The molecule has 0 bridgehead atoms. The fourth-order valence-electron chi connectivity index (χ4n) is 3.03. The number of benzene rings is 1. The van der Waals surface area contributed by atoms with Crippen molar-refractivity contribution in [1.82, 2.24) is 10.2 Å². The fourth-order valence-corrected chi connectivity index (χ4v) is 3.03. The van der Waals surface area contributed by atoms with Gasteiger partial charge in [0.1, 0.15) is 5.82 Å². The van der Waals surface area contributed by atoms with Gasteiger partial charge in [-0.25, -0.2) is 4.39 Å². The first kappa shape index (κ1) is 16.0. The summed E-state index contributed by atoms with van der Waals surface area (Å²) >= 11 is 0. The van der Waals surface area contributed by atoms with E-state index in [0.29, 0.717) is 25.0 Å². The Morgan fingerprint density at radius 2 is 2.14 bits per heavy atom. The second kappa shape index (κ2) is 7.55. The number of carbonyl (C=O) groups excluding carboxylic acids is 1. The summed E-state index contributed by atoms with van der Waals surface area (Å²) in [5.74, 6) is 0.394. The van der Waals surface area contributed by atoms with Gasteiger partial charge < -0.3 is 5.32 Å². The molecule has 1 amide bonds. The SMILES string of the molecule is C[C@H]1CCCC[C@@H]1NC(=O)CN(C)Cc1cccc(F)c1. The summed E-state index contributed by atoms with van der Waals surface area (Å²) in [6.07, 6.45) is 4.76. The average Bonchev–Trinajstić information content (AvgIpc) is 2.41. The number of nitrogens with zero attached hydrogens (tertiary/aromatic N) is 1. The summed E-state index contributed by atoms with van der Waals surface area (Å²) in [5.41, 5.74) is 0.885. The van der Waals surface area contributed by atoms with Crippen molar-refractivity contribution < 1.29 is 9.18 Å². The van der Waals surface area contributed by atoms with Crippen molar-refractivity contribution in [2.45, 2.75) is 45.2 Å². The Kier molecular flexibility index (Phi) is 5.74. The first-order chi connectivity index (χ1) is 10.0. The lowest BCUT2D eigenvalue weighted by Gasteiger charge is -2.30. The molecule has 2 atom stereocenters. The van der Waals surface area contributed by atoms with E-state index in [-0.39, 0.29) is 11.7 Å². The van der Waals surface area contributed by atoms with Gasteiger partial charge in [0.2, 0.25) is 5.91 Å². The van der Waals surface area contributed by atoms with Crippen molar-refractivity contribution in [1.29, 1.82) is 0 Å². The molecule has 3 nitrogen and oxygen atoms in total. The summed E-state index contributed by atoms with van der Waals surface area (Å²) in [6.45, 7) is 3.13. The third-order valence-corrected chi connectivity index (χ3v) is 4.21. The number of halogens is 1. The Morgan fingerprint density at radius 1 is 1.38 bits per heavy atom.